The van der Waals surface area contributed by atoms with E-state index in [1.807, 2.05) is 24.3 Å². The average molecular weight is 315 g/mol. The van der Waals surface area contributed by atoms with Gasteiger partial charge in [-0.25, -0.2) is 0 Å². The fourth-order valence-corrected chi connectivity index (χ4v) is 3.30. The first kappa shape index (κ1) is 12.9. The molecule has 1 heterocycles. The maximum Gasteiger partial charge on any atom is 0.237 e. The monoisotopic (exact) mass is 314 g/mol. The van der Waals surface area contributed by atoms with Crippen LogP contribution in [0, 0.1) is 0 Å². The predicted octanol–water partition coefficient (Wildman–Crippen LogP) is 2.07. The fourth-order valence-electron chi connectivity index (χ4n) is 1.81. The molecule has 17 heavy (non-hydrogen) atoms. The van der Waals surface area contributed by atoms with Gasteiger partial charge in [-0.15, -0.1) is 11.8 Å². The Morgan fingerprint density at radius 3 is 2.76 bits per heavy atom. The Labute approximate surface area is 114 Å². The quantitative estimate of drug-likeness (QED) is 0.878. The first-order valence-electron chi connectivity index (χ1n) is 5.58. The van der Waals surface area contributed by atoms with Crippen molar-refractivity contribution in [1.29, 1.82) is 0 Å². The highest BCUT2D eigenvalue weighted by molar-refractivity contribution is 9.10. The molecule has 2 atom stereocenters. The van der Waals surface area contributed by atoms with Gasteiger partial charge < -0.3 is 11.1 Å². The van der Waals surface area contributed by atoms with Crippen molar-refractivity contribution in [2.24, 2.45) is 5.73 Å². The zero-order chi connectivity index (χ0) is 12.3. The fraction of sp³-hybridized carbons (Fsp3) is 0.417. The first-order chi connectivity index (χ1) is 8.20. The molecule has 1 aromatic rings. The van der Waals surface area contributed by atoms with E-state index in [0.717, 1.165) is 22.2 Å². The van der Waals surface area contributed by atoms with Gasteiger partial charge in [-0.2, -0.15) is 0 Å². The van der Waals surface area contributed by atoms with Gasteiger partial charge in [0.1, 0.15) is 5.25 Å². The van der Waals surface area contributed by atoms with Gasteiger partial charge in [0.25, 0.3) is 0 Å². The van der Waals surface area contributed by atoms with Crippen molar-refractivity contribution < 1.29 is 4.79 Å². The summed E-state index contributed by atoms with van der Waals surface area (Å²) in [6.07, 6.45) is 0.944. The normalized spacial score (nSPS) is 25.2. The largest absolute Gasteiger partial charge is 0.351 e. The maximum absolute atomic E-state index is 12.1. The van der Waals surface area contributed by atoms with E-state index in [9.17, 15) is 4.79 Å². The second-order valence-corrected chi connectivity index (χ2v) is 6.16. The third kappa shape index (κ3) is 3.24. The number of carbonyl (C=O) groups excluding carboxylic acids is 1. The standard InChI is InChI=1S/C12H15BrN2OS/c13-9-3-1-8(2-4-9)11-12(16)15-10(7-14)5-6-17-11/h1-4,10-11H,5-7,14H2,(H,15,16). The van der Waals surface area contributed by atoms with E-state index in [4.69, 9.17) is 5.73 Å². The van der Waals surface area contributed by atoms with E-state index in [0.29, 0.717) is 6.54 Å². The van der Waals surface area contributed by atoms with Crippen LogP contribution < -0.4 is 11.1 Å². The van der Waals surface area contributed by atoms with Crippen molar-refractivity contribution in [2.45, 2.75) is 17.7 Å². The highest BCUT2D eigenvalue weighted by Crippen LogP contribution is 2.32. The number of hydrogen-bond acceptors (Lipinski definition) is 3. The first-order valence-corrected chi connectivity index (χ1v) is 7.42. The minimum absolute atomic E-state index is 0.0743. The van der Waals surface area contributed by atoms with Gasteiger partial charge in [0, 0.05) is 17.1 Å². The molecular weight excluding hydrogens is 300 g/mol. The molecule has 5 heteroatoms. The Morgan fingerprint density at radius 2 is 2.12 bits per heavy atom. The van der Waals surface area contributed by atoms with Gasteiger partial charge in [-0.05, 0) is 29.9 Å². The van der Waals surface area contributed by atoms with Crippen LogP contribution in [0.15, 0.2) is 28.7 Å². The second kappa shape index (κ2) is 5.89. The molecule has 3 nitrogen and oxygen atoms in total. The van der Waals surface area contributed by atoms with Crippen molar-refractivity contribution in [3.8, 4) is 0 Å². The van der Waals surface area contributed by atoms with Crippen LogP contribution >= 0.6 is 27.7 Å². The lowest BCUT2D eigenvalue weighted by Crippen LogP contribution is -2.40. The van der Waals surface area contributed by atoms with Crippen LogP contribution in [-0.4, -0.2) is 24.2 Å². The Bertz CT molecular complexity index is 396. The van der Waals surface area contributed by atoms with E-state index in [-0.39, 0.29) is 17.2 Å². The van der Waals surface area contributed by atoms with Gasteiger partial charge >= 0.3 is 0 Å². The Hall–Kier alpha value is -0.520. The summed E-state index contributed by atoms with van der Waals surface area (Å²) in [7, 11) is 0. The van der Waals surface area contributed by atoms with E-state index >= 15 is 0 Å². The third-order valence-corrected chi connectivity index (χ3v) is 4.61. The van der Waals surface area contributed by atoms with Crippen molar-refractivity contribution in [3.05, 3.63) is 34.3 Å². The molecule has 1 amide bonds. The van der Waals surface area contributed by atoms with Crippen molar-refractivity contribution >= 4 is 33.6 Å². The molecule has 0 saturated carbocycles. The van der Waals surface area contributed by atoms with Gasteiger partial charge in [-0.1, -0.05) is 28.1 Å². The van der Waals surface area contributed by atoms with Gasteiger partial charge in [0.15, 0.2) is 0 Å². The Balaban J connectivity index is 2.15. The van der Waals surface area contributed by atoms with Crippen LogP contribution in [-0.2, 0) is 4.79 Å². The second-order valence-electron chi connectivity index (χ2n) is 4.03. The van der Waals surface area contributed by atoms with Crippen LogP contribution in [0.5, 0.6) is 0 Å². The molecule has 0 spiro atoms. The molecule has 0 bridgehead atoms. The van der Waals surface area contributed by atoms with Crippen LogP contribution in [0.25, 0.3) is 0 Å². The third-order valence-electron chi connectivity index (χ3n) is 2.79. The molecule has 1 fully saturated rings. The smallest absolute Gasteiger partial charge is 0.237 e. The minimum Gasteiger partial charge on any atom is -0.351 e. The maximum atomic E-state index is 12.1. The lowest BCUT2D eigenvalue weighted by molar-refractivity contribution is -0.121. The minimum atomic E-state index is -0.111. The summed E-state index contributed by atoms with van der Waals surface area (Å²) in [5, 5.41) is 2.88. The molecule has 2 rings (SSSR count). The van der Waals surface area contributed by atoms with Crippen LogP contribution in [0.3, 0.4) is 0 Å². The van der Waals surface area contributed by atoms with Gasteiger partial charge in [-0.3, -0.25) is 4.79 Å². The van der Waals surface area contributed by atoms with Gasteiger partial charge in [0.05, 0.1) is 0 Å². The number of thioether (sulfide) groups is 1. The summed E-state index contributed by atoms with van der Waals surface area (Å²) in [5.74, 6) is 1.03. The van der Waals surface area contributed by atoms with Crippen LogP contribution in [0.1, 0.15) is 17.2 Å². The number of nitrogens with two attached hydrogens (primary N) is 1. The molecule has 0 aromatic heterocycles. The summed E-state index contributed by atoms with van der Waals surface area (Å²) in [5.41, 5.74) is 6.66. The lowest BCUT2D eigenvalue weighted by atomic mass is 10.1. The highest BCUT2D eigenvalue weighted by atomic mass is 79.9. The van der Waals surface area contributed by atoms with E-state index < -0.39 is 0 Å². The molecular formula is C12H15BrN2OS. The highest BCUT2D eigenvalue weighted by Gasteiger charge is 2.26. The number of carbonyl (C=O) groups is 1. The molecule has 0 aliphatic carbocycles. The SMILES string of the molecule is NCC1CCSC(c2ccc(Br)cc2)C(=O)N1. The molecule has 0 radical (unpaired) electrons. The van der Waals surface area contributed by atoms with Crippen LogP contribution in [0.2, 0.25) is 0 Å². The van der Waals surface area contributed by atoms with E-state index in [1.54, 1.807) is 11.8 Å². The number of halogens is 1. The molecule has 1 saturated heterocycles. The summed E-state index contributed by atoms with van der Waals surface area (Å²) in [4.78, 5) is 12.1. The number of nitrogens with one attached hydrogen (secondary N) is 1. The van der Waals surface area contributed by atoms with Crippen molar-refractivity contribution in [3.63, 3.8) is 0 Å². The molecule has 1 aromatic carbocycles. The van der Waals surface area contributed by atoms with Crippen LogP contribution in [0.4, 0.5) is 0 Å². The Morgan fingerprint density at radius 1 is 1.41 bits per heavy atom. The molecule has 3 N–H and O–H groups in total. The van der Waals surface area contributed by atoms with E-state index in [1.165, 1.54) is 0 Å². The van der Waals surface area contributed by atoms with Gasteiger partial charge in [0.2, 0.25) is 5.91 Å². The summed E-state index contributed by atoms with van der Waals surface area (Å²) in [6, 6.07) is 8.03. The molecule has 1 aliphatic rings. The zero-order valence-electron chi connectivity index (χ0n) is 9.36. The lowest BCUT2D eigenvalue weighted by Gasteiger charge is -2.15. The predicted molar refractivity (Wildman–Crippen MR) is 74.9 cm³/mol. The molecule has 92 valence electrons. The summed E-state index contributed by atoms with van der Waals surface area (Å²) < 4.78 is 1.03. The number of benzene rings is 1. The Kier molecular flexibility index (Phi) is 4.48. The van der Waals surface area contributed by atoms with E-state index in [2.05, 4.69) is 21.2 Å². The number of hydrogen-bond donors (Lipinski definition) is 2. The van der Waals surface area contributed by atoms with Crippen molar-refractivity contribution in [1.82, 2.24) is 5.32 Å². The number of amides is 1. The molecule has 1 aliphatic heterocycles. The summed E-state index contributed by atoms with van der Waals surface area (Å²) >= 11 is 5.08. The topological polar surface area (TPSA) is 55.1 Å². The number of rotatable bonds is 2. The van der Waals surface area contributed by atoms with Crippen molar-refractivity contribution in [2.75, 3.05) is 12.3 Å². The summed E-state index contributed by atoms with van der Waals surface area (Å²) in [6.45, 7) is 0.513. The zero-order valence-corrected chi connectivity index (χ0v) is 11.8. The molecule has 2 unspecified atom stereocenters. The average Bonchev–Trinajstić information content (AvgIpc) is 2.52.